The first-order valence-corrected chi connectivity index (χ1v) is 10.1. The van der Waals surface area contributed by atoms with Crippen molar-refractivity contribution < 1.29 is 14.6 Å². The molecule has 1 N–H and O–H groups in total. The maximum atomic E-state index is 10.1. The maximum absolute atomic E-state index is 10.1. The molecule has 1 heterocycles. The predicted octanol–water partition coefficient (Wildman–Crippen LogP) is 4.05. The Balaban J connectivity index is 1.49. The van der Waals surface area contributed by atoms with Crippen LogP contribution in [0.15, 0.2) is 11.6 Å². The quantitative estimate of drug-likeness (QED) is 0.680. The number of hydrogen-bond donors (Lipinski definition) is 1. The van der Waals surface area contributed by atoms with Gasteiger partial charge in [0.05, 0.1) is 19.3 Å². The van der Waals surface area contributed by atoms with E-state index in [0.717, 1.165) is 50.2 Å². The van der Waals surface area contributed by atoms with Gasteiger partial charge in [0.25, 0.3) is 0 Å². The fourth-order valence-corrected chi connectivity index (χ4v) is 7.53. The molecule has 4 unspecified atom stereocenters. The number of hydrogen-bond acceptors (Lipinski definition) is 3. The van der Waals surface area contributed by atoms with Crippen molar-refractivity contribution >= 4 is 0 Å². The summed E-state index contributed by atoms with van der Waals surface area (Å²) in [7, 11) is 0. The largest absolute Gasteiger partial charge is 0.393 e. The summed E-state index contributed by atoms with van der Waals surface area (Å²) >= 11 is 0. The summed E-state index contributed by atoms with van der Waals surface area (Å²) in [5.41, 5.74) is 2.09. The number of rotatable bonds is 0. The normalized spacial score (nSPS) is 52.5. The van der Waals surface area contributed by atoms with Crippen LogP contribution in [0.1, 0.15) is 65.2 Å². The first kappa shape index (κ1) is 15.8. The highest BCUT2D eigenvalue weighted by molar-refractivity contribution is 5.26. The third-order valence-electron chi connectivity index (χ3n) is 8.88. The predicted molar refractivity (Wildman–Crippen MR) is 92.3 cm³/mol. The van der Waals surface area contributed by atoms with Gasteiger partial charge in [-0.3, -0.25) is 0 Å². The molecule has 4 aliphatic carbocycles. The molecule has 0 aromatic heterocycles. The Morgan fingerprint density at radius 3 is 2.54 bits per heavy atom. The lowest BCUT2D eigenvalue weighted by atomic mass is 9.47. The molecule has 0 radical (unpaired) electrons. The topological polar surface area (TPSA) is 38.7 Å². The fourth-order valence-electron chi connectivity index (χ4n) is 7.53. The molecule has 3 saturated carbocycles. The second-order valence-electron chi connectivity index (χ2n) is 9.60. The van der Waals surface area contributed by atoms with Crippen LogP contribution in [0.5, 0.6) is 0 Å². The summed E-state index contributed by atoms with van der Waals surface area (Å²) in [5, 5.41) is 10.1. The van der Waals surface area contributed by atoms with Crippen molar-refractivity contribution in [3.05, 3.63) is 11.6 Å². The first-order chi connectivity index (χ1) is 11.5. The van der Waals surface area contributed by atoms with Crippen molar-refractivity contribution in [1.82, 2.24) is 0 Å². The maximum Gasteiger partial charge on any atom is 0.174 e. The van der Waals surface area contributed by atoms with E-state index in [-0.39, 0.29) is 17.3 Å². The number of fused-ring (bicyclic) bond motifs is 6. The third kappa shape index (κ3) is 1.84. The highest BCUT2D eigenvalue weighted by Gasteiger charge is 2.66. The molecule has 0 amide bonds. The molecule has 5 rings (SSSR count). The smallest absolute Gasteiger partial charge is 0.174 e. The van der Waals surface area contributed by atoms with E-state index in [1.165, 1.54) is 32.1 Å². The van der Waals surface area contributed by atoms with Crippen molar-refractivity contribution in [1.29, 1.82) is 0 Å². The zero-order valence-corrected chi connectivity index (χ0v) is 15.2. The van der Waals surface area contributed by atoms with Gasteiger partial charge in [-0.05, 0) is 68.1 Å². The zero-order valence-electron chi connectivity index (χ0n) is 15.2. The van der Waals surface area contributed by atoms with Crippen LogP contribution in [0.3, 0.4) is 0 Å². The molecular formula is C21H32O3. The van der Waals surface area contributed by atoms with Gasteiger partial charge < -0.3 is 14.6 Å². The molecule has 134 valence electrons. The summed E-state index contributed by atoms with van der Waals surface area (Å²) in [6.45, 7) is 6.50. The first-order valence-electron chi connectivity index (χ1n) is 10.1. The summed E-state index contributed by atoms with van der Waals surface area (Å²) in [4.78, 5) is 0. The molecule has 1 aliphatic heterocycles. The van der Waals surface area contributed by atoms with Gasteiger partial charge in [0.1, 0.15) is 0 Å². The lowest BCUT2D eigenvalue weighted by Gasteiger charge is -2.58. The Morgan fingerprint density at radius 1 is 1.00 bits per heavy atom. The number of allylic oxidation sites excluding steroid dienone is 1. The van der Waals surface area contributed by atoms with E-state index < -0.39 is 0 Å². The van der Waals surface area contributed by atoms with Crippen molar-refractivity contribution in [2.24, 2.45) is 28.6 Å². The summed E-state index contributed by atoms with van der Waals surface area (Å²) in [6, 6.07) is 0. The van der Waals surface area contributed by atoms with Gasteiger partial charge >= 0.3 is 0 Å². The SMILES string of the molecule is CC12CCC(O)CC1=CCC1[C@@H]2CCC2(C)[C@H]1CCC21OCCO1. The van der Waals surface area contributed by atoms with Gasteiger partial charge in [-0.1, -0.05) is 25.5 Å². The third-order valence-corrected chi connectivity index (χ3v) is 8.88. The van der Waals surface area contributed by atoms with Crippen LogP contribution >= 0.6 is 0 Å². The molecule has 24 heavy (non-hydrogen) atoms. The van der Waals surface area contributed by atoms with Gasteiger partial charge in [0.2, 0.25) is 0 Å². The molecule has 0 bridgehead atoms. The summed E-state index contributed by atoms with van der Waals surface area (Å²) in [5.74, 6) is 2.02. The van der Waals surface area contributed by atoms with Gasteiger partial charge in [-0.25, -0.2) is 0 Å². The highest BCUT2D eigenvalue weighted by atomic mass is 16.7. The van der Waals surface area contributed by atoms with Crippen LogP contribution in [0.2, 0.25) is 0 Å². The standard InChI is InChI=1S/C21H32O3/c1-19-8-5-15(22)13-14(19)3-4-16-17(19)6-9-20(2)18(16)7-10-21(20)23-11-12-24-21/h3,15-18,22H,4-13H2,1-2H3/t15?,16?,17-,18-,19?,20?/m0/s1. The molecule has 1 saturated heterocycles. The average molecular weight is 332 g/mol. The highest BCUT2D eigenvalue weighted by Crippen LogP contribution is 2.68. The van der Waals surface area contributed by atoms with Crippen molar-refractivity contribution in [2.75, 3.05) is 13.2 Å². The van der Waals surface area contributed by atoms with Crippen LogP contribution in [0.4, 0.5) is 0 Å². The van der Waals surface area contributed by atoms with E-state index in [1.807, 2.05) is 0 Å². The second kappa shape index (κ2) is 5.08. The number of aliphatic hydroxyl groups is 1. The van der Waals surface area contributed by atoms with E-state index in [2.05, 4.69) is 19.9 Å². The molecule has 6 atom stereocenters. The minimum atomic E-state index is -0.281. The Hall–Kier alpha value is -0.380. The van der Waals surface area contributed by atoms with Crippen LogP contribution in [0.25, 0.3) is 0 Å². The van der Waals surface area contributed by atoms with Gasteiger partial charge in [-0.2, -0.15) is 0 Å². The molecule has 4 fully saturated rings. The lowest BCUT2D eigenvalue weighted by Crippen LogP contribution is -2.55. The van der Waals surface area contributed by atoms with Gasteiger partial charge in [0, 0.05) is 11.8 Å². The molecule has 0 aromatic rings. The number of aliphatic hydroxyl groups excluding tert-OH is 1. The van der Waals surface area contributed by atoms with Crippen LogP contribution in [-0.4, -0.2) is 30.2 Å². The van der Waals surface area contributed by atoms with E-state index in [4.69, 9.17) is 9.47 Å². The van der Waals surface area contributed by atoms with E-state index in [9.17, 15) is 5.11 Å². The fraction of sp³-hybridized carbons (Fsp3) is 0.905. The van der Waals surface area contributed by atoms with Crippen molar-refractivity contribution in [2.45, 2.75) is 77.1 Å². The Bertz CT molecular complexity index is 563. The van der Waals surface area contributed by atoms with E-state index in [0.29, 0.717) is 5.41 Å². The molecule has 1 spiro atoms. The second-order valence-corrected chi connectivity index (χ2v) is 9.60. The Kier molecular flexibility index (Phi) is 3.35. The minimum Gasteiger partial charge on any atom is -0.393 e. The summed E-state index contributed by atoms with van der Waals surface area (Å²) < 4.78 is 12.5. The molecule has 0 aromatic carbocycles. The lowest BCUT2D eigenvalue weighted by molar-refractivity contribution is -0.242. The van der Waals surface area contributed by atoms with Crippen molar-refractivity contribution in [3.8, 4) is 0 Å². The molecular weight excluding hydrogens is 300 g/mol. The van der Waals surface area contributed by atoms with Crippen LogP contribution in [0, 0.1) is 28.6 Å². The van der Waals surface area contributed by atoms with E-state index >= 15 is 0 Å². The molecule has 3 heteroatoms. The number of ether oxygens (including phenoxy) is 2. The Labute approximate surface area is 145 Å². The van der Waals surface area contributed by atoms with Gasteiger partial charge in [0.15, 0.2) is 5.79 Å². The summed E-state index contributed by atoms with van der Waals surface area (Å²) in [6.07, 6.45) is 11.6. The van der Waals surface area contributed by atoms with E-state index in [1.54, 1.807) is 5.57 Å². The molecule has 5 aliphatic rings. The van der Waals surface area contributed by atoms with Crippen molar-refractivity contribution in [3.63, 3.8) is 0 Å². The zero-order chi connectivity index (χ0) is 16.6. The van der Waals surface area contributed by atoms with Gasteiger partial charge in [-0.15, -0.1) is 0 Å². The molecule has 3 nitrogen and oxygen atoms in total. The minimum absolute atomic E-state index is 0.107. The average Bonchev–Trinajstić information content (AvgIpc) is 3.15. The Morgan fingerprint density at radius 2 is 1.75 bits per heavy atom. The van der Waals surface area contributed by atoms with Crippen LogP contribution < -0.4 is 0 Å². The monoisotopic (exact) mass is 332 g/mol. The van der Waals surface area contributed by atoms with Crippen LogP contribution in [-0.2, 0) is 9.47 Å².